The zero-order valence-electron chi connectivity index (χ0n) is 9.38. The number of hydrogen-bond donors (Lipinski definition) is 2. The summed E-state index contributed by atoms with van der Waals surface area (Å²) in [6.45, 7) is 0. The van der Waals surface area contributed by atoms with Crippen molar-refractivity contribution < 1.29 is 4.79 Å². The van der Waals surface area contributed by atoms with Crippen LogP contribution in [0.2, 0.25) is 0 Å². The maximum atomic E-state index is 12.1. The standard InChI is InChI=1S/C11H7BrN4OS2/c12-8-4-14-11(19-8)16-9(17)5-1-2-6-7(3-5)18-10(13)15-6/h1-4H,(H2,13,15)(H,14,16,17). The van der Waals surface area contributed by atoms with Gasteiger partial charge in [0.1, 0.15) is 0 Å². The molecular weight excluding hydrogens is 348 g/mol. The monoisotopic (exact) mass is 354 g/mol. The zero-order valence-corrected chi connectivity index (χ0v) is 12.6. The minimum atomic E-state index is -0.198. The number of carbonyl (C=O) groups excluding carboxylic acids is 1. The fraction of sp³-hybridized carbons (Fsp3) is 0. The molecule has 0 bridgehead atoms. The molecule has 0 aliphatic heterocycles. The van der Waals surface area contributed by atoms with Crippen molar-refractivity contribution in [1.29, 1.82) is 0 Å². The molecule has 5 nitrogen and oxygen atoms in total. The van der Waals surface area contributed by atoms with Crippen LogP contribution >= 0.6 is 38.6 Å². The van der Waals surface area contributed by atoms with Gasteiger partial charge in [-0.2, -0.15) is 0 Å². The highest BCUT2D eigenvalue weighted by Gasteiger charge is 2.10. The second-order valence-electron chi connectivity index (χ2n) is 3.66. The summed E-state index contributed by atoms with van der Waals surface area (Å²) in [7, 11) is 0. The average Bonchev–Trinajstić information content (AvgIpc) is 2.93. The highest BCUT2D eigenvalue weighted by molar-refractivity contribution is 9.11. The molecule has 0 spiro atoms. The van der Waals surface area contributed by atoms with Crippen LogP contribution in [0.4, 0.5) is 10.3 Å². The Kier molecular flexibility index (Phi) is 3.21. The molecule has 19 heavy (non-hydrogen) atoms. The topological polar surface area (TPSA) is 80.9 Å². The van der Waals surface area contributed by atoms with E-state index in [4.69, 9.17) is 5.73 Å². The van der Waals surface area contributed by atoms with Crippen molar-refractivity contribution in [3.05, 3.63) is 33.7 Å². The van der Waals surface area contributed by atoms with Gasteiger partial charge in [-0.25, -0.2) is 9.97 Å². The first-order valence-electron chi connectivity index (χ1n) is 5.20. The van der Waals surface area contributed by atoms with E-state index < -0.39 is 0 Å². The fourth-order valence-corrected chi connectivity index (χ4v) is 3.44. The summed E-state index contributed by atoms with van der Waals surface area (Å²) >= 11 is 6.02. The number of nitrogens with two attached hydrogens (primary N) is 1. The molecule has 0 atom stereocenters. The number of rotatable bonds is 2. The van der Waals surface area contributed by atoms with E-state index in [0.717, 1.165) is 14.0 Å². The predicted octanol–water partition coefficient (Wildman–Crippen LogP) is 3.35. The Balaban J connectivity index is 1.88. The van der Waals surface area contributed by atoms with Crippen LogP contribution in [0.3, 0.4) is 0 Å². The molecule has 3 aromatic rings. The van der Waals surface area contributed by atoms with Crippen LogP contribution in [0.15, 0.2) is 28.2 Å². The average molecular weight is 355 g/mol. The van der Waals surface area contributed by atoms with Crippen molar-refractivity contribution in [1.82, 2.24) is 9.97 Å². The van der Waals surface area contributed by atoms with Gasteiger partial charge in [0, 0.05) is 5.56 Å². The van der Waals surface area contributed by atoms with E-state index in [1.54, 1.807) is 24.4 Å². The normalized spacial score (nSPS) is 10.8. The van der Waals surface area contributed by atoms with E-state index >= 15 is 0 Å². The molecule has 2 heterocycles. The molecular formula is C11H7BrN4OS2. The summed E-state index contributed by atoms with van der Waals surface area (Å²) in [6, 6.07) is 5.29. The van der Waals surface area contributed by atoms with Gasteiger partial charge in [-0.15, -0.1) is 0 Å². The van der Waals surface area contributed by atoms with Crippen LogP contribution in [0.25, 0.3) is 10.2 Å². The molecule has 0 radical (unpaired) electrons. The number of nitrogen functional groups attached to an aromatic ring is 1. The Labute approximate surface area is 124 Å². The van der Waals surface area contributed by atoms with E-state index in [1.807, 2.05) is 0 Å². The highest BCUT2D eigenvalue weighted by Crippen LogP contribution is 2.26. The quantitative estimate of drug-likeness (QED) is 0.739. The number of anilines is 2. The molecule has 0 saturated heterocycles. The fourth-order valence-electron chi connectivity index (χ4n) is 1.57. The molecule has 3 rings (SSSR count). The van der Waals surface area contributed by atoms with Gasteiger partial charge in [-0.1, -0.05) is 22.7 Å². The van der Waals surface area contributed by atoms with Crippen molar-refractivity contribution in [2.24, 2.45) is 0 Å². The summed E-state index contributed by atoms with van der Waals surface area (Å²) in [6.07, 6.45) is 1.65. The molecule has 8 heteroatoms. The molecule has 0 unspecified atom stereocenters. The first-order chi connectivity index (χ1) is 9.11. The van der Waals surface area contributed by atoms with Gasteiger partial charge < -0.3 is 5.73 Å². The maximum absolute atomic E-state index is 12.1. The van der Waals surface area contributed by atoms with E-state index in [-0.39, 0.29) is 5.91 Å². The number of nitrogens with zero attached hydrogens (tertiary/aromatic N) is 2. The number of amides is 1. The van der Waals surface area contributed by atoms with Crippen LogP contribution in [0.1, 0.15) is 10.4 Å². The number of hydrogen-bond acceptors (Lipinski definition) is 6. The molecule has 0 fully saturated rings. The number of carbonyl (C=O) groups is 1. The SMILES string of the molecule is Nc1nc2ccc(C(=O)Nc3ncc(Br)s3)cc2s1. The second-order valence-corrected chi connectivity index (χ2v) is 7.13. The largest absolute Gasteiger partial charge is 0.375 e. The zero-order chi connectivity index (χ0) is 13.4. The summed E-state index contributed by atoms with van der Waals surface area (Å²) < 4.78 is 1.76. The Morgan fingerprint density at radius 3 is 2.95 bits per heavy atom. The molecule has 96 valence electrons. The molecule has 2 aromatic heterocycles. The summed E-state index contributed by atoms with van der Waals surface area (Å²) in [5, 5.41) is 3.79. The summed E-state index contributed by atoms with van der Waals surface area (Å²) in [4.78, 5) is 20.3. The number of fused-ring (bicyclic) bond motifs is 1. The van der Waals surface area contributed by atoms with Crippen LogP contribution in [0.5, 0.6) is 0 Å². The van der Waals surface area contributed by atoms with Crippen LogP contribution in [-0.2, 0) is 0 Å². The number of nitrogens with one attached hydrogen (secondary N) is 1. The smallest absolute Gasteiger partial charge is 0.257 e. The third-order valence-corrected chi connectivity index (χ3v) is 4.60. The molecule has 0 saturated carbocycles. The third kappa shape index (κ3) is 2.60. The van der Waals surface area contributed by atoms with Crippen molar-refractivity contribution in [2.45, 2.75) is 0 Å². The van der Waals surface area contributed by atoms with Crippen molar-refractivity contribution in [3.63, 3.8) is 0 Å². The van der Waals surface area contributed by atoms with Gasteiger partial charge in [-0.05, 0) is 34.1 Å². The first kappa shape index (κ1) is 12.5. The van der Waals surface area contributed by atoms with Crippen molar-refractivity contribution in [3.8, 4) is 0 Å². The van der Waals surface area contributed by atoms with Crippen molar-refractivity contribution >= 4 is 65.0 Å². The van der Waals surface area contributed by atoms with Crippen LogP contribution < -0.4 is 11.1 Å². The Bertz CT molecular complexity index is 767. The van der Waals surface area contributed by atoms with E-state index in [2.05, 4.69) is 31.2 Å². The number of thiazole rings is 2. The van der Waals surface area contributed by atoms with E-state index in [0.29, 0.717) is 15.8 Å². The van der Waals surface area contributed by atoms with Gasteiger partial charge >= 0.3 is 0 Å². The lowest BCUT2D eigenvalue weighted by molar-refractivity contribution is 0.102. The van der Waals surface area contributed by atoms with Gasteiger partial charge in [0.2, 0.25) is 0 Å². The minimum absolute atomic E-state index is 0.198. The lowest BCUT2D eigenvalue weighted by atomic mass is 10.2. The molecule has 1 aromatic carbocycles. The minimum Gasteiger partial charge on any atom is -0.375 e. The van der Waals surface area contributed by atoms with Gasteiger partial charge in [0.15, 0.2) is 10.3 Å². The Morgan fingerprint density at radius 2 is 2.21 bits per heavy atom. The lowest BCUT2D eigenvalue weighted by Crippen LogP contribution is -2.11. The Hall–Kier alpha value is -1.51. The molecule has 3 N–H and O–H groups in total. The van der Waals surface area contributed by atoms with Gasteiger partial charge in [0.05, 0.1) is 20.2 Å². The summed E-state index contributed by atoms with van der Waals surface area (Å²) in [5.74, 6) is -0.198. The van der Waals surface area contributed by atoms with Crippen LogP contribution in [-0.4, -0.2) is 15.9 Å². The van der Waals surface area contributed by atoms with Gasteiger partial charge in [0.25, 0.3) is 5.91 Å². The maximum Gasteiger partial charge on any atom is 0.257 e. The van der Waals surface area contributed by atoms with E-state index in [1.165, 1.54) is 22.7 Å². The van der Waals surface area contributed by atoms with Crippen molar-refractivity contribution in [2.75, 3.05) is 11.1 Å². The van der Waals surface area contributed by atoms with Crippen LogP contribution in [0, 0.1) is 0 Å². The molecule has 1 amide bonds. The number of aromatic nitrogens is 2. The molecule has 0 aliphatic carbocycles. The third-order valence-electron chi connectivity index (χ3n) is 2.37. The lowest BCUT2D eigenvalue weighted by Gasteiger charge is -2.01. The number of halogens is 1. The Morgan fingerprint density at radius 1 is 1.37 bits per heavy atom. The number of benzene rings is 1. The highest BCUT2D eigenvalue weighted by atomic mass is 79.9. The molecule has 0 aliphatic rings. The first-order valence-corrected chi connectivity index (χ1v) is 7.63. The van der Waals surface area contributed by atoms with E-state index in [9.17, 15) is 4.79 Å². The second kappa shape index (κ2) is 4.87. The predicted molar refractivity (Wildman–Crippen MR) is 81.8 cm³/mol. The van der Waals surface area contributed by atoms with Gasteiger partial charge in [-0.3, -0.25) is 10.1 Å². The summed E-state index contributed by atoms with van der Waals surface area (Å²) in [5.41, 5.74) is 7.00.